The predicted octanol–water partition coefficient (Wildman–Crippen LogP) is 3.12. The van der Waals surface area contributed by atoms with Gasteiger partial charge in [-0.1, -0.05) is 6.07 Å². The van der Waals surface area contributed by atoms with Gasteiger partial charge in [0.15, 0.2) is 5.78 Å². The lowest BCUT2D eigenvalue weighted by Gasteiger charge is -2.14. The molecule has 0 bridgehead atoms. The van der Waals surface area contributed by atoms with Crippen molar-refractivity contribution in [3.63, 3.8) is 0 Å². The predicted molar refractivity (Wildman–Crippen MR) is 65.1 cm³/mol. The van der Waals surface area contributed by atoms with Crippen molar-refractivity contribution in [3.05, 3.63) is 45.9 Å². The van der Waals surface area contributed by atoms with Crippen LogP contribution in [0, 0.1) is 0 Å². The molecule has 3 heteroatoms. The largest absolute Gasteiger partial charge is 0.346 e. The number of carbonyl (C=O) groups excluding carboxylic acids is 1. The molecule has 0 saturated carbocycles. The van der Waals surface area contributed by atoms with Gasteiger partial charge in [-0.05, 0) is 30.4 Å². The van der Waals surface area contributed by atoms with Gasteiger partial charge in [0.25, 0.3) is 0 Å². The van der Waals surface area contributed by atoms with Crippen LogP contribution in [0.4, 0.5) is 0 Å². The lowest BCUT2D eigenvalue weighted by Crippen LogP contribution is -2.13. The summed E-state index contributed by atoms with van der Waals surface area (Å²) in [6.07, 6.45) is 4.81. The molecule has 2 nitrogen and oxygen atoms in total. The first-order valence-corrected chi connectivity index (χ1v) is 6.46. The Kier molecular flexibility index (Phi) is 2.40. The number of aromatic nitrogens is 1. The molecule has 0 N–H and O–H groups in total. The monoisotopic (exact) mass is 231 g/mol. The molecular weight excluding hydrogens is 218 g/mol. The highest BCUT2D eigenvalue weighted by Gasteiger charge is 2.20. The molecule has 82 valence electrons. The van der Waals surface area contributed by atoms with Crippen molar-refractivity contribution >= 4 is 17.1 Å². The van der Waals surface area contributed by atoms with Crippen LogP contribution in [-0.2, 0) is 13.0 Å². The van der Waals surface area contributed by atoms with Crippen molar-refractivity contribution in [1.29, 1.82) is 0 Å². The maximum Gasteiger partial charge on any atom is 0.164 e. The van der Waals surface area contributed by atoms with Crippen LogP contribution in [0.25, 0.3) is 0 Å². The second-order valence-corrected chi connectivity index (χ2v) is 5.19. The van der Waals surface area contributed by atoms with E-state index < -0.39 is 0 Å². The van der Waals surface area contributed by atoms with Crippen molar-refractivity contribution < 1.29 is 4.79 Å². The molecule has 0 amide bonds. The summed E-state index contributed by atoms with van der Waals surface area (Å²) < 4.78 is 2.22. The smallest absolute Gasteiger partial charge is 0.164 e. The third-order valence-corrected chi connectivity index (χ3v) is 3.96. The minimum absolute atomic E-state index is 0.311. The Balaban J connectivity index is 1.94. The number of nitrogens with zero attached hydrogens (tertiary/aromatic N) is 1. The van der Waals surface area contributed by atoms with Crippen LogP contribution in [0.3, 0.4) is 0 Å². The van der Waals surface area contributed by atoms with Crippen LogP contribution in [0.2, 0.25) is 0 Å². The Bertz CT molecular complexity index is 510. The van der Waals surface area contributed by atoms with Crippen molar-refractivity contribution in [2.24, 2.45) is 0 Å². The van der Waals surface area contributed by atoms with Gasteiger partial charge in [0, 0.05) is 28.8 Å². The zero-order valence-electron chi connectivity index (χ0n) is 8.98. The summed E-state index contributed by atoms with van der Waals surface area (Å²) in [4.78, 5) is 13.0. The van der Waals surface area contributed by atoms with Crippen LogP contribution in [0.15, 0.2) is 29.8 Å². The first-order valence-electron chi connectivity index (χ1n) is 5.58. The highest BCUT2D eigenvalue weighted by Crippen LogP contribution is 2.23. The normalized spacial score (nSPS) is 15.1. The second kappa shape index (κ2) is 3.91. The molecule has 2 aromatic rings. The highest BCUT2D eigenvalue weighted by molar-refractivity contribution is 7.09. The number of hydrogen-bond donors (Lipinski definition) is 0. The van der Waals surface area contributed by atoms with E-state index in [0.717, 1.165) is 31.4 Å². The minimum atomic E-state index is 0.311. The zero-order valence-corrected chi connectivity index (χ0v) is 9.80. The van der Waals surface area contributed by atoms with Gasteiger partial charge in [0.2, 0.25) is 0 Å². The summed E-state index contributed by atoms with van der Waals surface area (Å²) >= 11 is 1.77. The fourth-order valence-corrected chi connectivity index (χ4v) is 3.01. The zero-order chi connectivity index (χ0) is 11.0. The molecule has 0 fully saturated rings. The molecular formula is C13H13NOS. The van der Waals surface area contributed by atoms with E-state index in [1.807, 2.05) is 12.3 Å². The average molecular weight is 231 g/mol. The van der Waals surface area contributed by atoms with E-state index in [1.54, 1.807) is 11.3 Å². The molecule has 2 heterocycles. The first-order chi connectivity index (χ1) is 7.84. The van der Waals surface area contributed by atoms with Crippen LogP contribution in [0.1, 0.15) is 33.8 Å². The van der Waals surface area contributed by atoms with E-state index in [2.05, 4.69) is 22.1 Å². The quantitative estimate of drug-likeness (QED) is 0.778. The lowest BCUT2D eigenvalue weighted by molar-refractivity contribution is 0.0972. The topological polar surface area (TPSA) is 22.0 Å². The lowest BCUT2D eigenvalue weighted by atomic mass is 9.97. The fourth-order valence-electron chi connectivity index (χ4n) is 2.31. The van der Waals surface area contributed by atoms with Gasteiger partial charge >= 0.3 is 0 Å². The number of hydrogen-bond acceptors (Lipinski definition) is 2. The molecule has 0 aliphatic heterocycles. The van der Waals surface area contributed by atoms with Crippen LogP contribution < -0.4 is 0 Å². The van der Waals surface area contributed by atoms with Crippen molar-refractivity contribution in [3.8, 4) is 0 Å². The molecule has 3 rings (SSSR count). The summed E-state index contributed by atoms with van der Waals surface area (Å²) in [5.41, 5.74) is 2.17. The summed E-state index contributed by atoms with van der Waals surface area (Å²) in [7, 11) is 0. The Morgan fingerprint density at radius 3 is 3.06 bits per heavy atom. The molecule has 0 atom stereocenters. The minimum Gasteiger partial charge on any atom is -0.346 e. The molecule has 0 aromatic carbocycles. The molecule has 1 aliphatic carbocycles. The van der Waals surface area contributed by atoms with Crippen LogP contribution in [0.5, 0.6) is 0 Å². The molecule has 0 saturated heterocycles. The number of ketones is 1. The Labute approximate surface area is 98.5 Å². The van der Waals surface area contributed by atoms with E-state index in [4.69, 9.17) is 0 Å². The van der Waals surface area contributed by atoms with Crippen molar-refractivity contribution in [2.45, 2.75) is 25.8 Å². The van der Waals surface area contributed by atoms with E-state index >= 15 is 0 Å². The maximum absolute atomic E-state index is 11.7. The Morgan fingerprint density at radius 2 is 2.25 bits per heavy atom. The highest BCUT2D eigenvalue weighted by atomic mass is 32.1. The van der Waals surface area contributed by atoms with Crippen LogP contribution >= 0.6 is 11.3 Å². The van der Waals surface area contributed by atoms with Gasteiger partial charge < -0.3 is 4.57 Å². The average Bonchev–Trinajstić information content (AvgIpc) is 2.90. The molecule has 0 unspecified atom stereocenters. The van der Waals surface area contributed by atoms with Crippen LogP contribution in [-0.4, -0.2) is 10.4 Å². The summed E-state index contributed by atoms with van der Waals surface area (Å²) in [5.74, 6) is 0.311. The first kappa shape index (κ1) is 9.85. The van der Waals surface area contributed by atoms with E-state index in [1.165, 1.54) is 10.6 Å². The third kappa shape index (κ3) is 1.61. The molecule has 0 spiro atoms. The van der Waals surface area contributed by atoms with Crippen molar-refractivity contribution in [2.75, 3.05) is 0 Å². The van der Waals surface area contributed by atoms with Gasteiger partial charge in [-0.15, -0.1) is 11.3 Å². The van der Waals surface area contributed by atoms with Gasteiger partial charge in [-0.3, -0.25) is 4.79 Å². The number of fused-ring (bicyclic) bond motifs is 1. The fraction of sp³-hybridized carbons (Fsp3) is 0.308. The molecule has 1 aliphatic rings. The molecule has 0 radical (unpaired) electrons. The Morgan fingerprint density at radius 1 is 1.31 bits per heavy atom. The molecule has 16 heavy (non-hydrogen) atoms. The van der Waals surface area contributed by atoms with Gasteiger partial charge in [0.1, 0.15) is 0 Å². The Hall–Kier alpha value is -1.35. The SMILES string of the molecule is O=C1CCCc2c1ccn2Cc1cccs1. The van der Waals surface area contributed by atoms with Gasteiger partial charge in [-0.25, -0.2) is 0 Å². The van der Waals surface area contributed by atoms with E-state index in [0.29, 0.717) is 5.78 Å². The third-order valence-electron chi connectivity index (χ3n) is 3.10. The van der Waals surface area contributed by atoms with Gasteiger partial charge in [-0.2, -0.15) is 0 Å². The summed E-state index contributed by atoms with van der Waals surface area (Å²) in [6.45, 7) is 0.903. The van der Waals surface area contributed by atoms with E-state index in [9.17, 15) is 4.79 Å². The molecule has 2 aromatic heterocycles. The van der Waals surface area contributed by atoms with Gasteiger partial charge in [0.05, 0.1) is 6.54 Å². The second-order valence-electron chi connectivity index (χ2n) is 4.16. The van der Waals surface area contributed by atoms with E-state index in [-0.39, 0.29) is 0 Å². The number of rotatable bonds is 2. The standard InChI is InChI=1S/C13H13NOS/c15-13-5-1-4-12-11(13)6-7-14(12)9-10-3-2-8-16-10/h2-3,6-8H,1,4-5,9H2. The number of carbonyl (C=O) groups is 1. The summed E-state index contributed by atoms with van der Waals surface area (Å²) in [5, 5.41) is 2.09. The maximum atomic E-state index is 11.7. The summed E-state index contributed by atoms with van der Waals surface area (Å²) in [6, 6.07) is 6.19. The number of Topliss-reactive ketones (excluding diaryl/α,β-unsaturated/α-hetero) is 1. The number of thiophene rings is 1. The van der Waals surface area contributed by atoms with Crippen molar-refractivity contribution in [1.82, 2.24) is 4.57 Å².